The quantitative estimate of drug-likeness (QED) is 0.857. The lowest BCUT2D eigenvalue weighted by atomic mass is 9.79. The first-order valence-electron chi connectivity index (χ1n) is 8.40. The van der Waals surface area contributed by atoms with Gasteiger partial charge in [0.1, 0.15) is 0 Å². The van der Waals surface area contributed by atoms with E-state index in [0.29, 0.717) is 13.1 Å². The van der Waals surface area contributed by atoms with Crippen LogP contribution in [0.4, 0.5) is 4.79 Å². The normalized spacial score (nSPS) is 20.5. The van der Waals surface area contributed by atoms with E-state index in [9.17, 15) is 14.4 Å². The summed E-state index contributed by atoms with van der Waals surface area (Å²) in [4.78, 5) is 37.9. The van der Waals surface area contributed by atoms with E-state index in [1.165, 1.54) is 6.92 Å². The molecule has 3 amide bonds. The second kappa shape index (κ2) is 6.63. The van der Waals surface area contributed by atoms with Gasteiger partial charge in [0.05, 0.1) is 5.41 Å². The number of hydrogen-bond acceptors (Lipinski definition) is 4. The second-order valence-corrected chi connectivity index (χ2v) is 6.42. The molecule has 2 aliphatic rings. The summed E-state index contributed by atoms with van der Waals surface area (Å²) >= 11 is 0. The highest BCUT2D eigenvalue weighted by Crippen LogP contribution is 2.42. The van der Waals surface area contributed by atoms with E-state index in [2.05, 4.69) is 5.32 Å². The lowest BCUT2D eigenvalue weighted by Crippen LogP contribution is -2.44. The zero-order valence-electron chi connectivity index (χ0n) is 13.8. The van der Waals surface area contributed by atoms with Crippen molar-refractivity contribution >= 4 is 17.9 Å². The molecule has 1 aromatic carbocycles. The molecule has 1 atom stereocenters. The Morgan fingerprint density at radius 2 is 1.88 bits per heavy atom. The number of imide groups is 1. The van der Waals surface area contributed by atoms with Gasteiger partial charge in [-0.3, -0.25) is 14.5 Å². The highest BCUT2D eigenvalue weighted by atomic mass is 16.5. The second-order valence-electron chi connectivity index (χ2n) is 6.42. The van der Waals surface area contributed by atoms with Crippen LogP contribution in [0.15, 0.2) is 30.3 Å². The fourth-order valence-electron chi connectivity index (χ4n) is 3.57. The Bertz CT molecular complexity index is 638. The molecule has 0 aromatic heterocycles. The summed E-state index contributed by atoms with van der Waals surface area (Å²) < 4.78 is 5.50. The van der Waals surface area contributed by atoms with Crippen LogP contribution in [0.3, 0.4) is 0 Å². The molecule has 0 bridgehead atoms. The number of esters is 1. The van der Waals surface area contributed by atoms with Gasteiger partial charge in [-0.25, -0.2) is 4.79 Å². The molecule has 6 nitrogen and oxygen atoms in total. The van der Waals surface area contributed by atoms with Crippen molar-refractivity contribution in [3.8, 4) is 0 Å². The van der Waals surface area contributed by atoms with Crippen LogP contribution in [0.2, 0.25) is 0 Å². The maximum absolute atomic E-state index is 12.9. The number of urea groups is 1. The Morgan fingerprint density at radius 1 is 1.21 bits per heavy atom. The fraction of sp³-hybridized carbons (Fsp3) is 0.500. The van der Waals surface area contributed by atoms with Crippen LogP contribution in [-0.2, 0) is 19.7 Å². The Kier molecular flexibility index (Phi) is 4.55. The maximum Gasteiger partial charge on any atom is 0.324 e. The van der Waals surface area contributed by atoms with Crippen molar-refractivity contribution in [1.82, 2.24) is 10.2 Å². The van der Waals surface area contributed by atoms with Crippen LogP contribution >= 0.6 is 0 Å². The van der Waals surface area contributed by atoms with Crippen molar-refractivity contribution in [2.24, 2.45) is 0 Å². The largest absolute Gasteiger partial charge is 0.452 e. The maximum atomic E-state index is 12.9. The van der Waals surface area contributed by atoms with E-state index in [-0.39, 0.29) is 5.97 Å². The number of ether oxygens (including phenoxy) is 1. The molecule has 0 radical (unpaired) electrons. The Hall–Kier alpha value is -2.37. The van der Waals surface area contributed by atoms with Gasteiger partial charge in [-0.1, -0.05) is 43.2 Å². The topological polar surface area (TPSA) is 75.7 Å². The molecule has 1 unspecified atom stereocenters. The van der Waals surface area contributed by atoms with E-state index in [4.69, 9.17) is 4.74 Å². The van der Waals surface area contributed by atoms with Crippen LogP contribution < -0.4 is 5.32 Å². The first kappa shape index (κ1) is 16.5. The molecule has 1 aliphatic heterocycles. The number of hydrogen-bond donors (Lipinski definition) is 1. The lowest BCUT2D eigenvalue weighted by Gasteiger charge is -2.29. The van der Waals surface area contributed by atoms with Crippen LogP contribution in [0.1, 0.15) is 38.2 Å². The predicted octanol–water partition coefficient (Wildman–Crippen LogP) is 1.98. The van der Waals surface area contributed by atoms with E-state index in [1.807, 2.05) is 30.3 Å². The molecule has 1 aromatic rings. The van der Waals surface area contributed by atoms with Crippen LogP contribution in [-0.4, -0.2) is 42.0 Å². The van der Waals surface area contributed by atoms with Gasteiger partial charge in [0, 0.05) is 13.1 Å². The van der Waals surface area contributed by atoms with Gasteiger partial charge < -0.3 is 10.1 Å². The summed E-state index contributed by atoms with van der Waals surface area (Å²) in [6.45, 7) is 2.27. The number of carbonyl (C=O) groups excluding carboxylic acids is 3. The third-order valence-electron chi connectivity index (χ3n) is 4.93. The van der Waals surface area contributed by atoms with Gasteiger partial charge in [0.15, 0.2) is 6.10 Å². The number of nitrogens with zero attached hydrogens (tertiary/aromatic N) is 1. The predicted molar refractivity (Wildman–Crippen MR) is 87.3 cm³/mol. The average Bonchev–Trinajstić information content (AvgIpc) is 3.24. The van der Waals surface area contributed by atoms with Crippen molar-refractivity contribution < 1.29 is 19.1 Å². The fourth-order valence-corrected chi connectivity index (χ4v) is 3.57. The van der Waals surface area contributed by atoms with E-state index >= 15 is 0 Å². The van der Waals surface area contributed by atoms with Gasteiger partial charge >= 0.3 is 12.0 Å². The number of nitrogens with one attached hydrogen (secondary N) is 1. The standard InChI is InChI=1S/C18H22N2O4/c1-13(15(21)20-12-11-19-17(20)23)24-16(22)18(9-5-6-10-18)14-7-3-2-4-8-14/h2-4,7-8,13H,5-6,9-12H2,1H3,(H,19,23). The number of benzene rings is 1. The Balaban J connectivity index is 1.75. The van der Waals surface area contributed by atoms with Gasteiger partial charge in [-0.05, 0) is 25.3 Å². The van der Waals surface area contributed by atoms with Crippen molar-refractivity contribution in [2.45, 2.75) is 44.1 Å². The molecule has 6 heteroatoms. The summed E-state index contributed by atoms with van der Waals surface area (Å²) in [6.07, 6.45) is 2.39. The SMILES string of the molecule is CC(OC(=O)C1(c2ccccc2)CCCC1)C(=O)N1CCNC1=O. The van der Waals surface area contributed by atoms with Crippen molar-refractivity contribution in [3.05, 3.63) is 35.9 Å². The third-order valence-corrected chi connectivity index (χ3v) is 4.93. The summed E-state index contributed by atoms with van der Waals surface area (Å²) in [6, 6.07) is 9.18. The van der Waals surface area contributed by atoms with Crippen molar-refractivity contribution in [3.63, 3.8) is 0 Å². The minimum Gasteiger partial charge on any atom is -0.452 e. The van der Waals surface area contributed by atoms with Crippen molar-refractivity contribution in [2.75, 3.05) is 13.1 Å². The highest BCUT2D eigenvalue weighted by Gasteiger charge is 2.45. The first-order valence-corrected chi connectivity index (χ1v) is 8.40. The van der Waals surface area contributed by atoms with Crippen LogP contribution in [0.5, 0.6) is 0 Å². The van der Waals surface area contributed by atoms with Crippen molar-refractivity contribution in [1.29, 1.82) is 0 Å². The van der Waals surface area contributed by atoms with Gasteiger partial charge in [0.2, 0.25) is 0 Å². The minimum atomic E-state index is -0.970. The van der Waals surface area contributed by atoms with E-state index < -0.39 is 23.5 Å². The van der Waals surface area contributed by atoms with Gasteiger partial charge in [0.25, 0.3) is 5.91 Å². The zero-order chi connectivity index (χ0) is 17.2. The third kappa shape index (κ3) is 2.88. The van der Waals surface area contributed by atoms with Gasteiger partial charge in [-0.2, -0.15) is 0 Å². The first-order chi connectivity index (χ1) is 11.5. The highest BCUT2D eigenvalue weighted by molar-refractivity contribution is 5.98. The van der Waals surface area contributed by atoms with Gasteiger partial charge in [-0.15, -0.1) is 0 Å². The molecule has 2 fully saturated rings. The molecular formula is C18H22N2O4. The molecule has 0 spiro atoms. The molecule has 1 N–H and O–H groups in total. The molecule has 24 heavy (non-hydrogen) atoms. The monoisotopic (exact) mass is 330 g/mol. The molecule has 1 heterocycles. The number of carbonyl (C=O) groups is 3. The Labute approximate surface area is 141 Å². The van der Waals surface area contributed by atoms with E-state index in [1.54, 1.807) is 0 Å². The van der Waals surface area contributed by atoms with Crippen LogP contribution in [0.25, 0.3) is 0 Å². The minimum absolute atomic E-state index is 0.309. The average molecular weight is 330 g/mol. The summed E-state index contributed by atoms with van der Waals surface area (Å²) in [5.41, 5.74) is 0.259. The molecule has 1 aliphatic carbocycles. The molecule has 3 rings (SSSR count). The lowest BCUT2D eigenvalue weighted by molar-refractivity contribution is -0.162. The molecule has 1 saturated heterocycles. The number of rotatable bonds is 4. The summed E-state index contributed by atoms with van der Waals surface area (Å²) in [7, 11) is 0. The smallest absolute Gasteiger partial charge is 0.324 e. The van der Waals surface area contributed by atoms with E-state index in [0.717, 1.165) is 36.1 Å². The zero-order valence-corrected chi connectivity index (χ0v) is 13.8. The molecule has 1 saturated carbocycles. The number of amides is 3. The van der Waals surface area contributed by atoms with Crippen LogP contribution in [0, 0.1) is 0 Å². The summed E-state index contributed by atoms with van der Waals surface area (Å²) in [5, 5.41) is 2.57. The summed E-state index contributed by atoms with van der Waals surface area (Å²) in [5.74, 6) is -0.841. The molecule has 128 valence electrons. The Morgan fingerprint density at radius 3 is 2.46 bits per heavy atom. The molecular weight excluding hydrogens is 308 g/mol.